The summed E-state index contributed by atoms with van der Waals surface area (Å²) in [6.07, 6.45) is 1.67. The number of ether oxygens (including phenoxy) is 2. The van der Waals surface area contributed by atoms with E-state index in [9.17, 15) is 4.79 Å². The molecule has 0 aromatic heterocycles. The van der Waals surface area contributed by atoms with Crippen molar-refractivity contribution in [2.75, 3.05) is 27.4 Å². The molecule has 0 unspecified atom stereocenters. The molecule has 82 valence electrons. The summed E-state index contributed by atoms with van der Waals surface area (Å²) in [7, 11) is 2.96. The second-order valence-electron chi connectivity index (χ2n) is 3.55. The molecule has 4 nitrogen and oxygen atoms in total. The van der Waals surface area contributed by atoms with Gasteiger partial charge in [-0.3, -0.25) is 4.79 Å². The van der Waals surface area contributed by atoms with E-state index >= 15 is 0 Å². The molecule has 0 spiro atoms. The summed E-state index contributed by atoms with van der Waals surface area (Å²) < 4.78 is 9.83. The zero-order chi connectivity index (χ0) is 11.2. The molecule has 1 N–H and O–H groups in total. The van der Waals surface area contributed by atoms with E-state index in [0.29, 0.717) is 0 Å². The average molecular weight is 202 g/mol. The molecule has 0 bridgehead atoms. The van der Waals surface area contributed by atoms with Gasteiger partial charge >= 0.3 is 5.97 Å². The van der Waals surface area contributed by atoms with Gasteiger partial charge in [0.05, 0.1) is 13.2 Å². The molecule has 0 atom stereocenters. The van der Waals surface area contributed by atoms with Crippen LogP contribution >= 0.6 is 0 Å². The number of rotatable bonds is 6. The number of aliphatic carboxylic acids is 1. The number of methoxy groups -OCH3 is 2. The van der Waals surface area contributed by atoms with Crippen LogP contribution in [0.25, 0.3) is 0 Å². The number of allylic oxidation sites excluding steroid dienone is 1. The Bertz CT molecular complexity index is 210. The van der Waals surface area contributed by atoms with Gasteiger partial charge in [0.2, 0.25) is 0 Å². The normalized spacial score (nSPS) is 11.1. The van der Waals surface area contributed by atoms with Crippen LogP contribution in [0.1, 0.15) is 13.8 Å². The Labute approximate surface area is 84.5 Å². The third-order valence-electron chi connectivity index (χ3n) is 1.79. The highest BCUT2D eigenvalue weighted by Crippen LogP contribution is 2.22. The van der Waals surface area contributed by atoms with Gasteiger partial charge in [0, 0.05) is 14.2 Å². The van der Waals surface area contributed by atoms with Gasteiger partial charge in [-0.05, 0) is 13.8 Å². The Morgan fingerprint density at radius 1 is 1.29 bits per heavy atom. The molecule has 0 fully saturated rings. The third kappa shape index (κ3) is 3.47. The molecule has 0 aromatic carbocycles. The molecule has 0 rings (SSSR count). The number of hydrogen-bond donors (Lipinski definition) is 1. The third-order valence-corrected chi connectivity index (χ3v) is 1.79. The first-order chi connectivity index (χ1) is 6.48. The first kappa shape index (κ1) is 13.1. The predicted molar refractivity (Wildman–Crippen MR) is 53.3 cm³/mol. The van der Waals surface area contributed by atoms with Crippen molar-refractivity contribution >= 4 is 5.97 Å². The minimum absolute atomic E-state index is 0.112. The van der Waals surface area contributed by atoms with Crippen LogP contribution in [0.4, 0.5) is 0 Å². The second kappa shape index (κ2) is 5.78. The molecule has 0 aliphatic heterocycles. The predicted octanol–water partition coefficient (Wildman–Crippen LogP) is 1.32. The number of carboxylic acids is 1. The lowest BCUT2D eigenvalue weighted by Gasteiger charge is -2.24. The maximum absolute atomic E-state index is 11.1. The molecule has 0 aliphatic rings. The molecule has 0 aromatic rings. The van der Waals surface area contributed by atoms with Crippen LogP contribution in [0, 0.1) is 5.41 Å². The van der Waals surface area contributed by atoms with E-state index in [2.05, 4.69) is 0 Å². The SMILES string of the molecule is COCC(C=C(C)C)(COC)C(=O)O. The van der Waals surface area contributed by atoms with Crippen molar-refractivity contribution < 1.29 is 19.4 Å². The number of carbonyl (C=O) groups is 1. The summed E-state index contributed by atoms with van der Waals surface area (Å²) >= 11 is 0. The Morgan fingerprint density at radius 3 is 1.93 bits per heavy atom. The van der Waals surface area contributed by atoms with Gasteiger partial charge in [-0.15, -0.1) is 0 Å². The van der Waals surface area contributed by atoms with Crippen molar-refractivity contribution in [3.05, 3.63) is 11.6 Å². The largest absolute Gasteiger partial charge is 0.480 e. The van der Waals surface area contributed by atoms with Gasteiger partial charge in [-0.25, -0.2) is 0 Å². The Morgan fingerprint density at radius 2 is 1.71 bits per heavy atom. The van der Waals surface area contributed by atoms with Gasteiger partial charge in [0.15, 0.2) is 0 Å². The van der Waals surface area contributed by atoms with Gasteiger partial charge in [-0.1, -0.05) is 11.6 Å². The molecule has 14 heavy (non-hydrogen) atoms. The zero-order valence-electron chi connectivity index (χ0n) is 9.16. The molecule has 0 heterocycles. The van der Waals surface area contributed by atoms with Crippen LogP contribution < -0.4 is 0 Å². The van der Waals surface area contributed by atoms with Gasteiger partial charge in [0.1, 0.15) is 5.41 Å². The summed E-state index contributed by atoms with van der Waals surface area (Å²) in [5.74, 6) is -0.928. The summed E-state index contributed by atoms with van der Waals surface area (Å²) in [6, 6.07) is 0. The molecule has 0 saturated carbocycles. The van der Waals surface area contributed by atoms with Crippen LogP contribution in [-0.2, 0) is 14.3 Å². The summed E-state index contributed by atoms with van der Waals surface area (Å²) in [4.78, 5) is 11.1. The summed E-state index contributed by atoms with van der Waals surface area (Å²) in [5, 5.41) is 9.13. The smallest absolute Gasteiger partial charge is 0.318 e. The average Bonchev–Trinajstić information content (AvgIpc) is 2.03. The standard InChI is InChI=1S/C10H18O4/c1-8(2)5-10(6-13-3,7-14-4)9(11)12/h5H,6-7H2,1-4H3,(H,11,12). The highest BCUT2D eigenvalue weighted by atomic mass is 16.5. The molecule has 0 saturated heterocycles. The van der Waals surface area contributed by atoms with E-state index in [4.69, 9.17) is 14.6 Å². The molecule has 4 heteroatoms. The van der Waals surface area contributed by atoms with Crippen LogP contribution in [0.2, 0.25) is 0 Å². The molecular weight excluding hydrogens is 184 g/mol. The Hall–Kier alpha value is -0.870. The van der Waals surface area contributed by atoms with Gasteiger partial charge < -0.3 is 14.6 Å². The minimum atomic E-state index is -1.07. The van der Waals surface area contributed by atoms with E-state index in [0.717, 1.165) is 5.57 Å². The maximum atomic E-state index is 11.1. The minimum Gasteiger partial charge on any atom is -0.480 e. The molecule has 0 aliphatic carbocycles. The fourth-order valence-electron chi connectivity index (χ4n) is 1.38. The molecular formula is C10H18O4. The van der Waals surface area contributed by atoms with E-state index in [1.807, 2.05) is 13.8 Å². The second-order valence-corrected chi connectivity index (χ2v) is 3.55. The molecule has 0 radical (unpaired) electrons. The first-order valence-electron chi connectivity index (χ1n) is 4.36. The van der Waals surface area contributed by atoms with Crippen molar-refractivity contribution in [2.45, 2.75) is 13.8 Å². The monoisotopic (exact) mass is 202 g/mol. The lowest BCUT2D eigenvalue weighted by Crippen LogP contribution is -2.38. The highest BCUT2D eigenvalue weighted by molar-refractivity contribution is 5.77. The van der Waals surface area contributed by atoms with Crippen molar-refractivity contribution in [1.82, 2.24) is 0 Å². The summed E-state index contributed by atoms with van der Waals surface area (Å²) in [5.41, 5.74) is -0.135. The van der Waals surface area contributed by atoms with Crippen LogP contribution in [-0.4, -0.2) is 38.5 Å². The quantitative estimate of drug-likeness (QED) is 0.660. The van der Waals surface area contributed by atoms with Crippen molar-refractivity contribution in [3.8, 4) is 0 Å². The van der Waals surface area contributed by atoms with Crippen molar-refractivity contribution in [2.24, 2.45) is 5.41 Å². The van der Waals surface area contributed by atoms with Gasteiger partial charge in [-0.2, -0.15) is 0 Å². The van der Waals surface area contributed by atoms with Crippen LogP contribution in [0.5, 0.6) is 0 Å². The fraction of sp³-hybridized carbons (Fsp3) is 0.700. The fourth-order valence-corrected chi connectivity index (χ4v) is 1.38. The molecule has 0 amide bonds. The van der Waals surface area contributed by atoms with Crippen molar-refractivity contribution in [3.63, 3.8) is 0 Å². The number of hydrogen-bond acceptors (Lipinski definition) is 3. The zero-order valence-corrected chi connectivity index (χ0v) is 9.16. The lowest BCUT2D eigenvalue weighted by molar-refractivity contribution is -0.152. The Kier molecular flexibility index (Phi) is 5.42. The van der Waals surface area contributed by atoms with Crippen LogP contribution in [0.15, 0.2) is 11.6 Å². The topological polar surface area (TPSA) is 55.8 Å². The Balaban J connectivity index is 4.93. The van der Waals surface area contributed by atoms with Gasteiger partial charge in [0.25, 0.3) is 0 Å². The van der Waals surface area contributed by atoms with E-state index in [1.165, 1.54) is 14.2 Å². The lowest BCUT2D eigenvalue weighted by atomic mass is 9.88. The van der Waals surface area contributed by atoms with Crippen LogP contribution in [0.3, 0.4) is 0 Å². The first-order valence-corrected chi connectivity index (χ1v) is 4.36. The number of carboxylic acid groups (broad SMARTS) is 1. The maximum Gasteiger partial charge on any atom is 0.318 e. The summed E-state index contributed by atoms with van der Waals surface area (Å²) in [6.45, 7) is 3.93. The van der Waals surface area contributed by atoms with E-state index in [1.54, 1.807) is 6.08 Å². The van der Waals surface area contributed by atoms with Crippen molar-refractivity contribution in [1.29, 1.82) is 0 Å². The van der Waals surface area contributed by atoms with E-state index < -0.39 is 11.4 Å². The van der Waals surface area contributed by atoms with E-state index in [-0.39, 0.29) is 13.2 Å². The highest BCUT2D eigenvalue weighted by Gasteiger charge is 2.36.